The molecular formula is C32H37N3O4. The third-order valence-corrected chi connectivity index (χ3v) is 7.44. The quantitative estimate of drug-likeness (QED) is 0.207. The van der Waals surface area contributed by atoms with Gasteiger partial charge in [0, 0.05) is 31.5 Å². The van der Waals surface area contributed by atoms with Gasteiger partial charge in [0.05, 0.1) is 37.5 Å². The molecule has 4 aromatic rings. The van der Waals surface area contributed by atoms with E-state index in [9.17, 15) is 4.79 Å². The van der Waals surface area contributed by atoms with E-state index in [1.54, 1.807) is 19.1 Å². The van der Waals surface area contributed by atoms with Crippen LogP contribution < -0.4 is 19.1 Å². The predicted octanol–water partition coefficient (Wildman–Crippen LogP) is 6.56. The molecule has 0 saturated carbocycles. The zero-order chi connectivity index (χ0) is 27.4. The molecule has 1 aliphatic heterocycles. The van der Waals surface area contributed by atoms with E-state index in [-0.39, 0.29) is 11.8 Å². The van der Waals surface area contributed by atoms with Crippen LogP contribution in [0.3, 0.4) is 0 Å². The summed E-state index contributed by atoms with van der Waals surface area (Å²) in [6.07, 6.45) is 2.28. The number of benzene rings is 3. The molecular weight excluding hydrogens is 490 g/mol. The SMILES string of the molecule is COc1ccc(OC)c(N2CC(c3nc4ccccc4n3CCCCOc3ccc(C(C)C)cc3)CC2=O)c1. The number of carbonyl (C=O) groups is 1. The van der Waals surface area contributed by atoms with Gasteiger partial charge in [-0.05, 0) is 60.7 Å². The second-order valence-corrected chi connectivity index (χ2v) is 10.3. The van der Waals surface area contributed by atoms with Crippen LogP contribution in [0.4, 0.5) is 5.69 Å². The van der Waals surface area contributed by atoms with Gasteiger partial charge in [0.2, 0.25) is 5.91 Å². The number of fused-ring (bicyclic) bond motifs is 1. The molecule has 5 rings (SSSR count). The smallest absolute Gasteiger partial charge is 0.227 e. The van der Waals surface area contributed by atoms with Crippen molar-refractivity contribution in [2.45, 2.75) is 51.5 Å². The largest absolute Gasteiger partial charge is 0.497 e. The molecule has 7 heteroatoms. The summed E-state index contributed by atoms with van der Waals surface area (Å²) in [6, 6.07) is 22.1. The van der Waals surface area contributed by atoms with Crippen molar-refractivity contribution in [2.24, 2.45) is 0 Å². The summed E-state index contributed by atoms with van der Waals surface area (Å²) >= 11 is 0. The molecule has 2 heterocycles. The molecule has 1 fully saturated rings. The van der Waals surface area contributed by atoms with Crippen molar-refractivity contribution in [1.29, 1.82) is 0 Å². The molecule has 0 bridgehead atoms. The fraction of sp³-hybridized carbons (Fsp3) is 0.375. The molecule has 1 aliphatic rings. The summed E-state index contributed by atoms with van der Waals surface area (Å²) in [7, 11) is 3.24. The van der Waals surface area contributed by atoms with E-state index in [0.717, 1.165) is 47.7 Å². The Morgan fingerprint density at radius 2 is 1.72 bits per heavy atom. The van der Waals surface area contributed by atoms with Gasteiger partial charge in [-0.2, -0.15) is 0 Å². The van der Waals surface area contributed by atoms with Gasteiger partial charge in [0.25, 0.3) is 0 Å². The third-order valence-electron chi connectivity index (χ3n) is 7.44. The number of unbranched alkanes of at least 4 members (excludes halogenated alkanes) is 1. The molecule has 1 atom stereocenters. The summed E-state index contributed by atoms with van der Waals surface area (Å²) in [4.78, 5) is 20.0. The number of para-hydroxylation sites is 2. The lowest BCUT2D eigenvalue weighted by Gasteiger charge is -2.20. The van der Waals surface area contributed by atoms with Crippen LogP contribution in [0.25, 0.3) is 11.0 Å². The molecule has 7 nitrogen and oxygen atoms in total. The standard InChI is InChI=1S/C32H37N3O4/c1-22(2)23-11-13-25(14-12-23)39-18-8-7-17-34-28-10-6-5-9-27(28)33-32(34)24-19-31(36)35(21-24)29-20-26(37-3)15-16-30(29)38-4/h5-6,9-16,20,22,24H,7-8,17-19,21H2,1-4H3. The fourth-order valence-electron chi connectivity index (χ4n) is 5.27. The molecule has 204 valence electrons. The minimum Gasteiger partial charge on any atom is -0.497 e. The highest BCUT2D eigenvalue weighted by Gasteiger charge is 2.36. The Balaban J connectivity index is 1.29. The Morgan fingerprint density at radius 3 is 2.46 bits per heavy atom. The normalized spacial score (nSPS) is 15.4. The lowest BCUT2D eigenvalue weighted by atomic mass is 10.0. The maximum absolute atomic E-state index is 13.2. The molecule has 1 saturated heterocycles. The Morgan fingerprint density at radius 1 is 0.949 bits per heavy atom. The average Bonchev–Trinajstić information content (AvgIpc) is 3.53. The molecule has 1 amide bonds. The number of carbonyl (C=O) groups excluding carboxylic acids is 1. The van der Waals surface area contributed by atoms with E-state index in [2.05, 4.69) is 48.7 Å². The molecule has 0 aliphatic carbocycles. The topological polar surface area (TPSA) is 65.8 Å². The molecule has 0 spiro atoms. The minimum atomic E-state index is -0.0171. The zero-order valence-electron chi connectivity index (χ0n) is 23.2. The van der Waals surface area contributed by atoms with Crippen LogP contribution in [0.2, 0.25) is 0 Å². The number of rotatable bonds is 11. The third kappa shape index (κ3) is 5.72. The molecule has 3 aromatic carbocycles. The van der Waals surface area contributed by atoms with Gasteiger partial charge < -0.3 is 23.7 Å². The first kappa shape index (κ1) is 26.6. The highest BCUT2D eigenvalue weighted by Crippen LogP contribution is 2.39. The van der Waals surface area contributed by atoms with E-state index in [1.165, 1.54) is 5.56 Å². The lowest BCUT2D eigenvalue weighted by molar-refractivity contribution is -0.117. The van der Waals surface area contributed by atoms with Gasteiger partial charge in [0.1, 0.15) is 23.1 Å². The number of aryl methyl sites for hydroxylation is 1. The lowest BCUT2D eigenvalue weighted by Crippen LogP contribution is -2.25. The highest BCUT2D eigenvalue weighted by atomic mass is 16.5. The number of aromatic nitrogens is 2. The maximum atomic E-state index is 13.2. The number of hydrogen-bond donors (Lipinski definition) is 0. The van der Waals surface area contributed by atoms with Crippen molar-refractivity contribution in [2.75, 3.05) is 32.3 Å². The van der Waals surface area contributed by atoms with E-state index >= 15 is 0 Å². The van der Waals surface area contributed by atoms with Crippen LogP contribution in [0.5, 0.6) is 17.2 Å². The number of methoxy groups -OCH3 is 2. The van der Waals surface area contributed by atoms with Crippen molar-refractivity contribution in [1.82, 2.24) is 9.55 Å². The van der Waals surface area contributed by atoms with E-state index in [1.807, 2.05) is 36.4 Å². The first-order valence-electron chi connectivity index (χ1n) is 13.7. The Bertz CT molecular complexity index is 1430. The first-order valence-corrected chi connectivity index (χ1v) is 13.7. The maximum Gasteiger partial charge on any atom is 0.227 e. The zero-order valence-corrected chi connectivity index (χ0v) is 23.2. The van der Waals surface area contributed by atoms with Crippen LogP contribution in [-0.2, 0) is 11.3 Å². The fourth-order valence-corrected chi connectivity index (χ4v) is 5.27. The number of amides is 1. The Labute approximate surface area is 230 Å². The van der Waals surface area contributed by atoms with E-state index in [0.29, 0.717) is 37.0 Å². The number of hydrogen-bond acceptors (Lipinski definition) is 5. The van der Waals surface area contributed by atoms with Gasteiger partial charge in [-0.25, -0.2) is 4.98 Å². The summed E-state index contributed by atoms with van der Waals surface area (Å²) in [5.41, 5.74) is 4.10. The molecule has 0 radical (unpaired) electrons. The van der Waals surface area contributed by atoms with Crippen LogP contribution in [-0.4, -0.2) is 42.8 Å². The number of anilines is 1. The average molecular weight is 528 g/mol. The Hall–Kier alpha value is -4.00. The summed E-state index contributed by atoms with van der Waals surface area (Å²) in [5, 5.41) is 0. The van der Waals surface area contributed by atoms with Crippen molar-refractivity contribution >= 4 is 22.6 Å². The van der Waals surface area contributed by atoms with Gasteiger partial charge >= 0.3 is 0 Å². The van der Waals surface area contributed by atoms with Crippen LogP contribution >= 0.6 is 0 Å². The Kier molecular flexibility index (Phi) is 8.05. The van der Waals surface area contributed by atoms with Crippen molar-refractivity contribution in [3.8, 4) is 17.2 Å². The van der Waals surface area contributed by atoms with Crippen molar-refractivity contribution in [3.63, 3.8) is 0 Å². The number of nitrogens with zero attached hydrogens (tertiary/aromatic N) is 3. The summed E-state index contributed by atoms with van der Waals surface area (Å²) in [5.74, 6) is 3.76. The van der Waals surface area contributed by atoms with E-state index < -0.39 is 0 Å². The minimum absolute atomic E-state index is 0.0171. The molecule has 1 unspecified atom stereocenters. The highest BCUT2D eigenvalue weighted by molar-refractivity contribution is 5.98. The monoisotopic (exact) mass is 527 g/mol. The molecule has 39 heavy (non-hydrogen) atoms. The van der Waals surface area contributed by atoms with Crippen LogP contribution in [0, 0.1) is 0 Å². The first-order chi connectivity index (χ1) is 19.0. The van der Waals surface area contributed by atoms with Crippen molar-refractivity contribution < 1.29 is 19.0 Å². The van der Waals surface area contributed by atoms with Crippen LogP contribution in [0.15, 0.2) is 66.7 Å². The van der Waals surface area contributed by atoms with Gasteiger partial charge in [-0.15, -0.1) is 0 Å². The summed E-state index contributed by atoms with van der Waals surface area (Å²) < 4.78 is 19.3. The number of imidazole rings is 1. The van der Waals surface area contributed by atoms with Crippen LogP contribution in [0.1, 0.15) is 56.3 Å². The molecule has 1 aromatic heterocycles. The molecule has 0 N–H and O–H groups in total. The van der Waals surface area contributed by atoms with Crippen molar-refractivity contribution in [3.05, 3.63) is 78.1 Å². The van der Waals surface area contributed by atoms with Gasteiger partial charge in [-0.3, -0.25) is 4.79 Å². The van der Waals surface area contributed by atoms with Gasteiger partial charge in [-0.1, -0.05) is 38.1 Å². The van der Waals surface area contributed by atoms with E-state index in [4.69, 9.17) is 19.2 Å². The second-order valence-electron chi connectivity index (χ2n) is 10.3. The number of ether oxygens (including phenoxy) is 3. The second kappa shape index (κ2) is 11.8. The summed E-state index contributed by atoms with van der Waals surface area (Å²) in [6.45, 7) is 6.41. The predicted molar refractivity (Wildman–Crippen MR) is 154 cm³/mol. The van der Waals surface area contributed by atoms with Gasteiger partial charge in [0.15, 0.2) is 0 Å².